The van der Waals surface area contributed by atoms with E-state index in [1.165, 1.54) is 12.1 Å². The summed E-state index contributed by atoms with van der Waals surface area (Å²) in [5.74, 6) is -0.925. The van der Waals surface area contributed by atoms with Gasteiger partial charge in [-0.1, -0.05) is 24.3 Å². The number of nitrogens with zero attached hydrogens (tertiary/aromatic N) is 4. The van der Waals surface area contributed by atoms with Crippen LogP contribution in [0, 0.1) is 5.82 Å². The molecule has 152 valence electrons. The standard InChI is InChI=1S/C25H14FN5O/c26-17-7-1-2-8-18(17)31-25(32)14-9-10-19-20(13-14)30-24-22-16(6-4-12-28-22)15-5-3-11-27-21(15)23(24)29-19/h1-13H,(H,31,32). The van der Waals surface area contributed by atoms with Crippen molar-refractivity contribution in [1.82, 2.24) is 19.9 Å². The number of anilines is 1. The number of rotatable bonds is 2. The van der Waals surface area contributed by atoms with Crippen molar-refractivity contribution in [3.8, 4) is 0 Å². The molecular weight excluding hydrogens is 405 g/mol. The Labute approximate surface area is 180 Å². The quantitative estimate of drug-likeness (QED) is 0.305. The molecule has 6 aromatic rings. The van der Waals surface area contributed by atoms with Crippen LogP contribution in [0.2, 0.25) is 0 Å². The molecule has 0 aliphatic rings. The largest absolute Gasteiger partial charge is 0.319 e. The summed E-state index contributed by atoms with van der Waals surface area (Å²) in [7, 11) is 0. The maximum Gasteiger partial charge on any atom is 0.255 e. The van der Waals surface area contributed by atoms with Crippen LogP contribution in [0.25, 0.3) is 43.9 Å². The van der Waals surface area contributed by atoms with Crippen LogP contribution in [0.3, 0.4) is 0 Å². The van der Waals surface area contributed by atoms with Gasteiger partial charge < -0.3 is 5.32 Å². The highest BCUT2D eigenvalue weighted by Crippen LogP contribution is 2.31. The van der Waals surface area contributed by atoms with E-state index in [1.54, 1.807) is 42.7 Å². The molecule has 0 radical (unpaired) electrons. The van der Waals surface area contributed by atoms with Gasteiger partial charge in [0.2, 0.25) is 0 Å². The summed E-state index contributed by atoms with van der Waals surface area (Å²) in [6.45, 7) is 0. The Morgan fingerprint density at radius 2 is 1.38 bits per heavy atom. The predicted molar refractivity (Wildman–Crippen MR) is 122 cm³/mol. The lowest BCUT2D eigenvalue weighted by Crippen LogP contribution is -2.13. The minimum Gasteiger partial charge on any atom is -0.319 e. The Kier molecular flexibility index (Phi) is 4.01. The lowest BCUT2D eigenvalue weighted by Gasteiger charge is -2.10. The number of hydrogen-bond acceptors (Lipinski definition) is 5. The molecule has 0 fully saturated rings. The van der Waals surface area contributed by atoms with Crippen molar-refractivity contribution < 1.29 is 9.18 Å². The maximum atomic E-state index is 13.9. The molecular formula is C25H14FN5O. The van der Waals surface area contributed by atoms with E-state index in [2.05, 4.69) is 15.3 Å². The van der Waals surface area contributed by atoms with E-state index in [1.807, 2.05) is 24.3 Å². The molecule has 3 heterocycles. The molecule has 1 amide bonds. The lowest BCUT2D eigenvalue weighted by molar-refractivity contribution is 0.102. The molecule has 1 N–H and O–H groups in total. The van der Waals surface area contributed by atoms with Gasteiger partial charge in [-0.3, -0.25) is 14.8 Å². The van der Waals surface area contributed by atoms with E-state index in [0.717, 1.165) is 21.8 Å². The van der Waals surface area contributed by atoms with Crippen LogP contribution < -0.4 is 5.32 Å². The average molecular weight is 419 g/mol. The van der Waals surface area contributed by atoms with Crippen molar-refractivity contribution in [3.05, 3.63) is 90.5 Å². The maximum absolute atomic E-state index is 13.9. The third-order valence-corrected chi connectivity index (χ3v) is 5.40. The second kappa shape index (κ2) is 7.02. The molecule has 6 nitrogen and oxygen atoms in total. The molecule has 0 spiro atoms. The number of para-hydroxylation sites is 1. The van der Waals surface area contributed by atoms with E-state index >= 15 is 0 Å². The topological polar surface area (TPSA) is 80.7 Å². The first-order chi connectivity index (χ1) is 15.7. The summed E-state index contributed by atoms with van der Waals surface area (Å²) in [5.41, 5.74) is 4.38. The Balaban J connectivity index is 1.55. The number of pyridine rings is 2. The average Bonchev–Trinajstić information content (AvgIpc) is 2.84. The van der Waals surface area contributed by atoms with Crippen LogP contribution in [-0.4, -0.2) is 25.8 Å². The van der Waals surface area contributed by atoms with Crippen LogP contribution in [0.4, 0.5) is 10.1 Å². The number of carbonyl (C=O) groups excluding carboxylic acids is 1. The fraction of sp³-hybridized carbons (Fsp3) is 0. The van der Waals surface area contributed by atoms with Crippen molar-refractivity contribution in [1.29, 1.82) is 0 Å². The Morgan fingerprint density at radius 1 is 0.719 bits per heavy atom. The highest BCUT2D eigenvalue weighted by atomic mass is 19.1. The van der Waals surface area contributed by atoms with E-state index in [-0.39, 0.29) is 5.69 Å². The smallest absolute Gasteiger partial charge is 0.255 e. The van der Waals surface area contributed by atoms with Crippen molar-refractivity contribution in [2.45, 2.75) is 0 Å². The van der Waals surface area contributed by atoms with Crippen molar-refractivity contribution >= 4 is 55.5 Å². The van der Waals surface area contributed by atoms with Gasteiger partial charge >= 0.3 is 0 Å². The van der Waals surface area contributed by atoms with Crippen LogP contribution in [0.15, 0.2) is 79.1 Å². The number of aromatic nitrogens is 4. The van der Waals surface area contributed by atoms with Crippen molar-refractivity contribution in [3.63, 3.8) is 0 Å². The molecule has 0 bridgehead atoms. The van der Waals surface area contributed by atoms with E-state index in [0.29, 0.717) is 27.6 Å². The van der Waals surface area contributed by atoms with Gasteiger partial charge in [-0.15, -0.1) is 0 Å². The van der Waals surface area contributed by atoms with Crippen LogP contribution >= 0.6 is 0 Å². The number of halogens is 1. The molecule has 0 saturated carbocycles. The van der Waals surface area contributed by atoms with Crippen molar-refractivity contribution in [2.24, 2.45) is 0 Å². The van der Waals surface area contributed by atoms with Crippen molar-refractivity contribution in [2.75, 3.05) is 5.32 Å². The minimum atomic E-state index is -0.496. The molecule has 0 unspecified atom stereocenters. The summed E-state index contributed by atoms with van der Waals surface area (Å²) in [6, 6.07) is 18.8. The second-order valence-corrected chi connectivity index (χ2v) is 7.36. The number of benzene rings is 3. The SMILES string of the molecule is O=C(Nc1ccccc1F)c1ccc2nc3c4ncccc4c4cccnc4c3nc2c1. The number of fused-ring (bicyclic) bond motifs is 7. The highest BCUT2D eigenvalue weighted by Gasteiger charge is 2.15. The van der Waals surface area contributed by atoms with Gasteiger partial charge in [0.25, 0.3) is 5.91 Å². The molecule has 7 heteroatoms. The zero-order chi connectivity index (χ0) is 21.7. The number of nitrogens with one attached hydrogen (secondary N) is 1. The fourth-order valence-electron chi connectivity index (χ4n) is 3.91. The van der Waals surface area contributed by atoms with Gasteiger partial charge in [-0.25, -0.2) is 14.4 Å². The van der Waals surface area contributed by atoms with Gasteiger partial charge in [0, 0.05) is 28.7 Å². The molecule has 0 aliphatic heterocycles. The summed E-state index contributed by atoms with van der Waals surface area (Å²) in [5, 5.41) is 4.49. The van der Waals surface area contributed by atoms with E-state index < -0.39 is 11.7 Å². The third-order valence-electron chi connectivity index (χ3n) is 5.40. The molecule has 0 saturated heterocycles. The number of hydrogen-bond donors (Lipinski definition) is 1. The van der Waals surface area contributed by atoms with Crippen LogP contribution in [0.1, 0.15) is 10.4 Å². The highest BCUT2D eigenvalue weighted by molar-refractivity contribution is 6.21. The molecule has 6 rings (SSSR count). The Bertz CT molecular complexity index is 1700. The summed E-state index contributed by atoms with van der Waals surface area (Å²) in [4.78, 5) is 31.4. The van der Waals surface area contributed by atoms with Gasteiger partial charge in [-0.05, 0) is 42.5 Å². The van der Waals surface area contributed by atoms with Gasteiger partial charge in [0.15, 0.2) is 0 Å². The van der Waals surface area contributed by atoms with E-state index in [4.69, 9.17) is 9.97 Å². The summed E-state index contributed by atoms with van der Waals surface area (Å²) < 4.78 is 13.9. The third kappa shape index (κ3) is 2.83. The van der Waals surface area contributed by atoms with Gasteiger partial charge in [-0.2, -0.15) is 0 Å². The zero-order valence-electron chi connectivity index (χ0n) is 16.6. The minimum absolute atomic E-state index is 0.120. The predicted octanol–water partition coefficient (Wildman–Crippen LogP) is 5.27. The monoisotopic (exact) mass is 419 g/mol. The lowest BCUT2D eigenvalue weighted by atomic mass is 10.1. The Hall–Kier alpha value is -4.52. The summed E-state index contributed by atoms with van der Waals surface area (Å²) >= 11 is 0. The molecule has 3 aromatic carbocycles. The summed E-state index contributed by atoms with van der Waals surface area (Å²) in [6.07, 6.45) is 3.44. The first-order valence-corrected chi connectivity index (χ1v) is 9.98. The second-order valence-electron chi connectivity index (χ2n) is 7.36. The molecule has 3 aromatic heterocycles. The molecule has 0 aliphatic carbocycles. The van der Waals surface area contributed by atoms with Gasteiger partial charge in [0.05, 0.1) is 27.8 Å². The normalized spacial score (nSPS) is 11.4. The first kappa shape index (κ1) is 18.3. The van der Waals surface area contributed by atoms with Gasteiger partial charge in [0.1, 0.15) is 16.9 Å². The first-order valence-electron chi connectivity index (χ1n) is 9.98. The Morgan fingerprint density at radius 3 is 2.06 bits per heavy atom. The number of carbonyl (C=O) groups is 1. The van der Waals surface area contributed by atoms with Crippen LogP contribution in [-0.2, 0) is 0 Å². The zero-order valence-corrected chi connectivity index (χ0v) is 16.6. The van der Waals surface area contributed by atoms with Crippen LogP contribution in [0.5, 0.6) is 0 Å². The fourth-order valence-corrected chi connectivity index (χ4v) is 3.91. The number of amides is 1. The molecule has 32 heavy (non-hydrogen) atoms. The molecule has 0 atom stereocenters. The van der Waals surface area contributed by atoms with E-state index in [9.17, 15) is 9.18 Å².